The average molecular weight is 281 g/mol. The minimum absolute atomic E-state index is 0.0468. The van der Waals surface area contributed by atoms with Crippen molar-refractivity contribution in [2.45, 2.75) is 12.8 Å². The summed E-state index contributed by atoms with van der Waals surface area (Å²) < 4.78 is 0. The summed E-state index contributed by atoms with van der Waals surface area (Å²) in [6.45, 7) is 0.798. The topological polar surface area (TPSA) is 70.2 Å². The predicted octanol–water partition coefficient (Wildman–Crippen LogP) is 3.37. The van der Waals surface area contributed by atoms with Crippen LogP contribution in [0.15, 0.2) is 48.5 Å². The molecule has 0 unspecified atom stereocenters. The van der Waals surface area contributed by atoms with Gasteiger partial charge in [-0.05, 0) is 36.6 Å². The summed E-state index contributed by atoms with van der Waals surface area (Å²) in [4.78, 5) is 12.2. The summed E-state index contributed by atoms with van der Waals surface area (Å²) in [5.74, 6) is 0.386. The lowest BCUT2D eigenvalue weighted by Gasteiger charge is -2.31. The molecule has 5 heteroatoms. The van der Waals surface area contributed by atoms with Crippen molar-refractivity contribution in [3.05, 3.63) is 69.8 Å². The maximum Gasteiger partial charge on any atom is 0.269 e. The Kier molecular flexibility index (Phi) is 3.39. The first-order valence-corrected chi connectivity index (χ1v) is 6.85. The first-order valence-electron chi connectivity index (χ1n) is 6.85. The second-order valence-electron chi connectivity index (χ2n) is 5.04. The van der Waals surface area contributed by atoms with E-state index in [1.54, 1.807) is 12.1 Å². The molecule has 0 aromatic heterocycles. The third-order valence-electron chi connectivity index (χ3n) is 3.73. The second kappa shape index (κ2) is 5.36. The molecule has 0 saturated heterocycles. The molecule has 0 amide bonds. The van der Waals surface area contributed by atoms with Gasteiger partial charge in [0.05, 0.1) is 4.92 Å². The van der Waals surface area contributed by atoms with E-state index < -0.39 is 4.92 Å². The Balaban J connectivity index is 1.91. The number of para-hydroxylation sites is 1. The standard InChI is InChI=1S/C16H15N3O2/c17-16(13-7-9-14(10-8-13)19(20)21)18-11-3-5-12-4-1-2-6-15(12)18/h1-2,4,6-10,17H,3,5,11H2. The zero-order valence-corrected chi connectivity index (χ0v) is 11.5. The molecule has 2 aromatic rings. The highest BCUT2D eigenvalue weighted by molar-refractivity contribution is 6.08. The van der Waals surface area contributed by atoms with E-state index in [1.807, 2.05) is 23.1 Å². The molecule has 0 radical (unpaired) electrons. The highest BCUT2D eigenvalue weighted by atomic mass is 16.6. The number of nitro groups is 1. The van der Waals surface area contributed by atoms with E-state index in [-0.39, 0.29) is 5.69 Å². The van der Waals surface area contributed by atoms with Crippen LogP contribution in [0.3, 0.4) is 0 Å². The van der Waals surface area contributed by atoms with Gasteiger partial charge in [0, 0.05) is 29.9 Å². The minimum Gasteiger partial charge on any atom is -0.326 e. The number of hydrogen-bond acceptors (Lipinski definition) is 3. The number of fused-ring (bicyclic) bond motifs is 1. The van der Waals surface area contributed by atoms with Gasteiger partial charge >= 0.3 is 0 Å². The molecule has 2 aromatic carbocycles. The number of anilines is 1. The largest absolute Gasteiger partial charge is 0.326 e. The van der Waals surface area contributed by atoms with Gasteiger partial charge in [0.2, 0.25) is 0 Å². The van der Waals surface area contributed by atoms with Crippen LogP contribution in [0.25, 0.3) is 0 Å². The number of nitrogens with zero attached hydrogens (tertiary/aromatic N) is 2. The van der Waals surface area contributed by atoms with Crippen LogP contribution in [0.2, 0.25) is 0 Å². The van der Waals surface area contributed by atoms with Gasteiger partial charge in [0.15, 0.2) is 0 Å². The van der Waals surface area contributed by atoms with Crippen molar-refractivity contribution in [3.8, 4) is 0 Å². The number of benzene rings is 2. The van der Waals surface area contributed by atoms with Crippen molar-refractivity contribution in [1.29, 1.82) is 5.41 Å². The first kappa shape index (κ1) is 13.3. The Hall–Kier alpha value is -2.69. The highest BCUT2D eigenvalue weighted by Gasteiger charge is 2.21. The van der Waals surface area contributed by atoms with Crippen molar-refractivity contribution in [3.63, 3.8) is 0 Å². The number of hydrogen-bond donors (Lipinski definition) is 1. The summed E-state index contributed by atoms with van der Waals surface area (Å²) in [5, 5.41) is 19.1. The van der Waals surface area contributed by atoms with Crippen LogP contribution >= 0.6 is 0 Å². The Bertz CT molecular complexity index is 695. The number of rotatable bonds is 2. The lowest BCUT2D eigenvalue weighted by molar-refractivity contribution is -0.384. The SMILES string of the molecule is N=C(c1ccc([N+](=O)[O-])cc1)N1CCCc2ccccc21. The number of amidine groups is 1. The Morgan fingerprint density at radius 3 is 2.57 bits per heavy atom. The van der Waals surface area contributed by atoms with Gasteiger partial charge in [-0.2, -0.15) is 0 Å². The molecular formula is C16H15N3O2. The molecule has 0 atom stereocenters. The third-order valence-corrected chi connectivity index (χ3v) is 3.73. The Morgan fingerprint density at radius 1 is 1.14 bits per heavy atom. The maximum absolute atomic E-state index is 10.7. The van der Waals surface area contributed by atoms with Crippen LogP contribution in [-0.2, 0) is 6.42 Å². The smallest absolute Gasteiger partial charge is 0.269 e. The van der Waals surface area contributed by atoms with Crippen molar-refractivity contribution in [2.75, 3.05) is 11.4 Å². The molecule has 106 valence electrons. The third kappa shape index (κ3) is 2.50. The van der Waals surface area contributed by atoms with Gasteiger partial charge in [-0.3, -0.25) is 15.5 Å². The van der Waals surface area contributed by atoms with E-state index >= 15 is 0 Å². The second-order valence-corrected chi connectivity index (χ2v) is 5.04. The van der Waals surface area contributed by atoms with E-state index in [1.165, 1.54) is 17.7 Å². The molecule has 1 N–H and O–H groups in total. The quantitative estimate of drug-likeness (QED) is 0.397. The molecule has 3 rings (SSSR count). The molecule has 0 aliphatic carbocycles. The Labute approximate surface area is 122 Å². The van der Waals surface area contributed by atoms with Gasteiger partial charge in [0.25, 0.3) is 5.69 Å². The van der Waals surface area contributed by atoms with Crippen molar-refractivity contribution in [1.82, 2.24) is 0 Å². The average Bonchev–Trinajstić information content (AvgIpc) is 2.53. The van der Waals surface area contributed by atoms with Crippen LogP contribution in [0, 0.1) is 15.5 Å². The summed E-state index contributed by atoms with van der Waals surface area (Å²) >= 11 is 0. The fourth-order valence-electron chi connectivity index (χ4n) is 2.66. The zero-order valence-electron chi connectivity index (χ0n) is 11.5. The Morgan fingerprint density at radius 2 is 1.86 bits per heavy atom. The lowest BCUT2D eigenvalue weighted by atomic mass is 10.0. The van der Waals surface area contributed by atoms with Crippen LogP contribution in [0.4, 0.5) is 11.4 Å². The van der Waals surface area contributed by atoms with Crippen molar-refractivity contribution >= 4 is 17.2 Å². The highest BCUT2D eigenvalue weighted by Crippen LogP contribution is 2.28. The number of nitrogens with one attached hydrogen (secondary N) is 1. The van der Waals surface area contributed by atoms with Crippen molar-refractivity contribution < 1.29 is 4.92 Å². The van der Waals surface area contributed by atoms with E-state index in [0.717, 1.165) is 25.1 Å². The molecular weight excluding hydrogens is 266 g/mol. The number of aryl methyl sites for hydroxylation is 1. The van der Waals surface area contributed by atoms with Gasteiger partial charge in [-0.15, -0.1) is 0 Å². The van der Waals surface area contributed by atoms with Crippen LogP contribution in [0.5, 0.6) is 0 Å². The van der Waals surface area contributed by atoms with E-state index in [0.29, 0.717) is 11.4 Å². The zero-order chi connectivity index (χ0) is 14.8. The van der Waals surface area contributed by atoms with E-state index in [9.17, 15) is 10.1 Å². The normalized spacial score (nSPS) is 13.6. The van der Waals surface area contributed by atoms with Crippen LogP contribution < -0.4 is 4.90 Å². The molecule has 1 heterocycles. The molecule has 0 saturated carbocycles. The summed E-state index contributed by atoms with van der Waals surface area (Å²) in [6, 6.07) is 14.3. The lowest BCUT2D eigenvalue weighted by Crippen LogP contribution is -2.35. The van der Waals surface area contributed by atoms with E-state index in [4.69, 9.17) is 5.41 Å². The van der Waals surface area contributed by atoms with Crippen LogP contribution in [-0.4, -0.2) is 17.3 Å². The molecule has 0 spiro atoms. The number of nitro benzene ring substituents is 1. The fourth-order valence-corrected chi connectivity index (χ4v) is 2.66. The summed E-state index contributed by atoms with van der Waals surface area (Å²) in [6.07, 6.45) is 2.03. The monoisotopic (exact) mass is 281 g/mol. The van der Waals surface area contributed by atoms with Crippen LogP contribution in [0.1, 0.15) is 17.5 Å². The molecule has 1 aliphatic rings. The van der Waals surface area contributed by atoms with E-state index in [2.05, 4.69) is 6.07 Å². The van der Waals surface area contributed by atoms with Gasteiger partial charge in [-0.1, -0.05) is 18.2 Å². The first-order chi connectivity index (χ1) is 10.2. The predicted molar refractivity (Wildman–Crippen MR) is 82.0 cm³/mol. The molecule has 21 heavy (non-hydrogen) atoms. The molecule has 1 aliphatic heterocycles. The van der Waals surface area contributed by atoms with Gasteiger partial charge < -0.3 is 4.90 Å². The fraction of sp³-hybridized carbons (Fsp3) is 0.188. The maximum atomic E-state index is 10.7. The number of non-ortho nitro benzene ring substituents is 1. The molecule has 5 nitrogen and oxygen atoms in total. The van der Waals surface area contributed by atoms with Gasteiger partial charge in [-0.25, -0.2) is 0 Å². The molecule has 0 bridgehead atoms. The summed E-state index contributed by atoms with van der Waals surface area (Å²) in [7, 11) is 0. The minimum atomic E-state index is -0.427. The molecule has 0 fully saturated rings. The van der Waals surface area contributed by atoms with Crippen molar-refractivity contribution in [2.24, 2.45) is 0 Å². The van der Waals surface area contributed by atoms with Gasteiger partial charge in [0.1, 0.15) is 5.84 Å². The summed E-state index contributed by atoms with van der Waals surface area (Å²) in [5.41, 5.74) is 3.05.